The van der Waals surface area contributed by atoms with Crippen LogP contribution in [0, 0.1) is 0 Å². The molecule has 0 aromatic heterocycles. The van der Waals surface area contributed by atoms with Crippen LogP contribution >= 0.6 is 11.8 Å². The summed E-state index contributed by atoms with van der Waals surface area (Å²) in [6, 6.07) is 0. The van der Waals surface area contributed by atoms with E-state index in [1.165, 1.54) is 4.91 Å². The number of aliphatic hydroxyl groups excluding tert-OH is 1. The van der Waals surface area contributed by atoms with Crippen LogP contribution in [0.4, 0.5) is 0 Å². The zero-order valence-corrected chi connectivity index (χ0v) is 10.7. The lowest BCUT2D eigenvalue weighted by atomic mass is 10.1. The standard InChI is InChI=1S/C10H18OS.C2H6/c1-4-6-9(11)8-10(12-3)7-5-2;1-2/h5,7,9,11H,2,4,6,8H2,1,3H3;1-2H3/b10-7-;. The second-order valence-electron chi connectivity index (χ2n) is 2.72. The largest absolute Gasteiger partial charge is 0.393 e. The number of aliphatic hydroxyl groups is 1. The van der Waals surface area contributed by atoms with E-state index >= 15 is 0 Å². The van der Waals surface area contributed by atoms with E-state index in [1.54, 1.807) is 17.8 Å². The van der Waals surface area contributed by atoms with Gasteiger partial charge in [0.15, 0.2) is 0 Å². The normalized spacial score (nSPS) is 12.8. The zero-order chi connectivity index (χ0) is 11.4. The molecule has 14 heavy (non-hydrogen) atoms. The van der Waals surface area contributed by atoms with Gasteiger partial charge < -0.3 is 5.11 Å². The van der Waals surface area contributed by atoms with Gasteiger partial charge in [-0.2, -0.15) is 0 Å². The lowest BCUT2D eigenvalue weighted by Crippen LogP contribution is -2.05. The highest BCUT2D eigenvalue weighted by molar-refractivity contribution is 8.02. The van der Waals surface area contributed by atoms with Gasteiger partial charge in [-0.3, -0.25) is 0 Å². The van der Waals surface area contributed by atoms with Crippen molar-refractivity contribution in [3.63, 3.8) is 0 Å². The predicted octanol–water partition coefficient (Wildman–Crippen LogP) is 4.00. The summed E-state index contributed by atoms with van der Waals surface area (Å²) in [6.07, 6.45) is 8.25. The first kappa shape index (κ1) is 16.2. The molecule has 0 fully saturated rings. The number of allylic oxidation sites excluding steroid dienone is 2. The molecule has 0 rings (SSSR count). The Morgan fingerprint density at radius 2 is 2.07 bits per heavy atom. The van der Waals surface area contributed by atoms with E-state index in [9.17, 15) is 5.11 Å². The summed E-state index contributed by atoms with van der Waals surface area (Å²) in [4.78, 5) is 1.20. The lowest BCUT2D eigenvalue weighted by molar-refractivity contribution is 0.166. The van der Waals surface area contributed by atoms with Crippen molar-refractivity contribution in [2.24, 2.45) is 0 Å². The summed E-state index contributed by atoms with van der Waals surface area (Å²) in [5.41, 5.74) is 0. The highest BCUT2D eigenvalue weighted by atomic mass is 32.2. The Hall–Kier alpha value is -0.210. The Morgan fingerprint density at radius 3 is 2.43 bits per heavy atom. The molecule has 1 N–H and O–H groups in total. The highest BCUT2D eigenvalue weighted by Gasteiger charge is 2.04. The summed E-state index contributed by atoms with van der Waals surface area (Å²) in [5, 5.41) is 9.49. The van der Waals surface area contributed by atoms with E-state index < -0.39 is 0 Å². The molecule has 0 saturated heterocycles. The van der Waals surface area contributed by atoms with E-state index in [0.717, 1.165) is 19.3 Å². The van der Waals surface area contributed by atoms with Crippen LogP contribution in [0.5, 0.6) is 0 Å². The van der Waals surface area contributed by atoms with Gasteiger partial charge in [-0.05, 0) is 17.6 Å². The maximum absolute atomic E-state index is 9.49. The van der Waals surface area contributed by atoms with Gasteiger partial charge in [0.1, 0.15) is 0 Å². The van der Waals surface area contributed by atoms with E-state index in [0.29, 0.717) is 0 Å². The fraction of sp³-hybridized carbons (Fsp3) is 0.667. The second-order valence-corrected chi connectivity index (χ2v) is 3.65. The average molecular weight is 216 g/mol. The molecule has 0 amide bonds. The topological polar surface area (TPSA) is 20.2 Å². The molecule has 1 nitrogen and oxygen atoms in total. The molecule has 0 aromatic carbocycles. The molecule has 0 aliphatic rings. The van der Waals surface area contributed by atoms with Crippen LogP contribution in [0.25, 0.3) is 0 Å². The summed E-state index contributed by atoms with van der Waals surface area (Å²) in [6.45, 7) is 9.71. The predicted molar refractivity (Wildman–Crippen MR) is 68.7 cm³/mol. The highest BCUT2D eigenvalue weighted by Crippen LogP contribution is 2.19. The van der Waals surface area contributed by atoms with E-state index in [1.807, 2.05) is 26.2 Å². The van der Waals surface area contributed by atoms with Crippen LogP contribution in [-0.2, 0) is 0 Å². The average Bonchev–Trinajstić information content (AvgIpc) is 2.20. The van der Waals surface area contributed by atoms with Gasteiger partial charge in [-0.15, -0.1) is 11.8 Å². The molecule has 0 heterocycles. The van der Waals surface area contributed by atoms with Crippen molar-refractivity contribution >= 4 is 11.8 Å². The molecular weight excluding hydrogens is 192 g/mol. The van der Waals surface area contributed by atoms with Gasteiger partial charge in [-0.1, -0.05) is 45.9 Å². The Bertz CT molecular complexity index is 152. The van der Waals surface area contributed by atoms with E-state index in [2.05, 4.69) is 13.5 Å². The minimum Gasteiger partial charge on any atom is -0.393 e. The quantitative estimate of drug-likeness (QED) is 0.677. The van der Waals surface area contributed by atoms with Crippen LogP contribution in [0.2, 0.25) is 0 Å². The van der Waals surface area contributed by atoms with Crippen molar-refractivity contribution < 1.29 is 5.11 Å². The van der Waals surface area contributed by atoms with Crippen molar-refractivity contribution in [2.45, 2.75) is 46.1 Å². The lowest BCUT2D eigenvalue weighted by Gasteiger charge is -2.09. The molecule has 0 radical (unpaired) electrons. The third kappa shape index (κ3) is 9.87. The Kier molecular flexibility index (Phi) is 14.8. The first-order valence-electron chi connectivity index (χ1n) is 5.28. The van der Waals surface area contributed by atoms with Crippen molar-refractivity contribution in [1.82, 2.24) is 0 Å². The Balaban J connectivity index is 0. The van der Waals surface area contributed by atoms with Crippen LogP contribution in [0.1, 0.15) is 40.0 Å². The zero-order valence-electron chi connectivity index (χ0n) is 9.92. The third-order valence-corrected chi connectivity index (χ3v) is 2.45. The van der Waals surface area contributed by atoms with Crippen molar-refractivity contribution in [1.29, 1.82) is 0 Å². The molecule has 0 aromatic rings. The second kappa shape index (κ2) is 12.8. The van der Waals surface area contributed by atoms with Gasteiger partial charge in [-0.25, -0.2) is 0 Å². The molecule has 2 heteroatoms. The number of rotatable bonds is 6. The maximum Gasteiger partial charge on any atom is 0.0585 e. The number of thioether (sulfide) groups is 1. The Morgan fingerprint density at radius 1 is 1.50 bits per heavy atom. The molecule has 1 atom stereocenters. The third-order valence-electron chi connectivity index (χ3n) is 1.62. The smallest absolute Gasteiger partial charge is 0.0585 e. The van der Waals surface area contributed by atoms with Gasteiger partial charge in [0, 0.05) is 6.42 Å². The van der Waals surface area contributed by atoms with E-state index in [4.69, 9.17) is 0 Å². The fourth-order valence-corrected chi connectivity index (χ4v) is 1.61. The SMILES string of the molecule is C=C/C=C(/CC(O)CCC)SC.CC. The molecule has 0 aliphatic heterocycles. The van der Waals surface area contributed by atoms with Gasteiger partial charge >= 0.3 is 0 Å². The molecule has 0 aliphatic carbocycles. The van der Waals surface area contributed by atoms with Crippen LogP contribution in [-0.4, -0.2) is 17.5 Å². The molecule has 0 spiro atoms. The minimum absolute atomic E-state index is 0.186. The van der Waals surface area contributed by atoms with Crippen LogP contribution in [0.15, 0.2) is 23.6 Å². The summed E-state index contributed by atoms with van der Waals surface area (Å²) in [5.74, 6) is 0. The van der Waals surface area contributed by atoms with Crippen LogP contribution in [0.3, 0.4) is 0 Å². The van der Waals surface area contributed by atoms with E-state index in [-0.39, 0.29) is 6.10 Å². The molecule has 0 bridgehead atoms. The molecule has 1 unspecified atom stereocenters. The van der Waals surface area contributed by atoms with Gasteiger partial charge in [0.2, 0.25) is 0 Å². The summed E-state index contributed by atoms with van der Waals surface area (Å²) in [7, 11) is 0. The molecule has 84 valence electrons. The molecular formula is C12H24OS. The van der Waals surface area contributed by atoms with Gasteiger partial charge in [0.25, 0.3) is 0 Å². The number of hydrogen-bond acceptors (Lipinski definition) is 2. The first-order valence-corrected chi connectivity index (χ1v) is 6.50. The molecule has 0 saturated carbocycles. The van der Waals surface area contributed by atoms with Crippen LogP contribution < -0.4 is 0 Å². The summed E-state index contributed by atoms with van der Waals surface area (Å²) < 4.78 is 0. The fourth-order valence-electron chi connectivity index (χ4n) is 1.02. The number of hydrogen-bond donors (Lipinski definition) is 1. The van der Waals surface area contributed by atoms with Crippen molar-refractivity contribution in [2.75, 3.05) is 6.26 Å². The van der Waals surface area contributed by atoms with Gasteiger partial charge in [0.05, 0.1) is 6.10 Å². The minimum atomic E-state index is -0.186. The van der Waals surface area contributed by atoms with Crippen molar-refractivity contribution in [3.05, 3.63) is 23.6 Å². The monoisotopic (exact) mass is 216 g/mol. The maximum atomic E-state index is 9.49. The Labute approximate surface area is 93.3 Å². The first-order chi connectivity index (χ1) is 6.74. The summed E-state index contributed by atoms with van der Waals surface area (Å²) >= 11 is 1.68. The van der Waals surface area contributed by atoms with Crippen molar-refractivity contribution in [3.8, 4) is 0 Å².